The fraction of sp³-hybridized carbons (Fsp3) is 0.0476. The smallest absolute Gasteiger partial charge is 0.144 e. The second-order valence-corrected chi connectivity index (χ2v) is 18.4. The first kappa shape index (κ1) is 37.7. The Balaban J connectivity index is 0.884. The molecule has 0 bridgehead atoms. The fourth-order valence-corrected chi connectivity index (χ4v) is 11.0. The highest BCUT2D eigenvalue weighted by Gasteiger charge is 2.36. The van der Waals surface area contributed by atoms with E-state index in [0.717, 1.165) is 116 Å². The molecule has 3 aromatic heterocycles. The maximum atomic E-state index is 6.79. The first-order valence-electron chi connectivity index (χ1n) is 23.0. The molecule has 4 heteroatoms. The van der Waals surface area contributed by atoms with Crippen LogP contribution in [0.1, 0.15) is 25.0 Å². The Labute approximate surface area is 386 Å². The molecule has 1 aliphatic carbocycles. The van der Waals surface area contributed by atoms with Crippen molar-refractivity contribution in [2.75, 3.05) is 4.90 Å². The van der Waals surface area contributed by atoms with E-state index in [2.05, 4.69) is 207 Å². The van der Waals surface area contributed by atoms with E-state index >= 15 is 0 Å². The van der Waals surface area contributed by atoms with Gasteiger partial charge in [-0.05, 0) is 111 Å². The Morgan fingerprint density at radius 1 is 0.328 bits per heavy atom. The van der Waals surface area contributed by atoms with Gasteiger partial charge in [0.2, 0.25) is 0 Å². The van der Waals surface area contributed by atoms with Gasteiger partial charge in [0.25, 0.3) is 0 Å². The summed E-state index contributed by atoms with van der Waals surface area (Å²) in [6, 6.07) is 75.9. The summed E-state index contributed by atoms with van der Waals surface area (Å²) in [6.07, 6.45) is 0. The van der Waals surface area contributed by atoms with Crippen LogP contribution < -0.4 is 4.90 Å². The van der Waals surface area contributed by atoms with Crippen molar-refractivity contribution in [2.45, 2.75) is 19.3 Å². The molecule has 10 aromatic carbocycles. The second-order valence-electron chi connectivity index (χ2n) is 18.4. The third-order valence-electron chi connectivity index (χ3n) is 14.3. The molecule has 1 aliphatic rings. The Hall–Kier alpha value is -8.60. The highest BCUT2D eigenvalue weighted by atomic mass is 16.3. The lowest BCUT2D eigenvalue weighted by molar-refractivity contribution is 0.660. The monoisotopic (exact) mass is 859 g/mol. The summed E-state index contributed by atoms with van der Waals surface area (Å²) in [4.78, 5) is 2.38. The first-order valence-corrected chi connectivity index (χ1v) is 23.0. The van der Waals surface area contributed by atoms with Crippen LogP contribution in [0.15, 0.2) is 226 Å². The minimum Gasteiger partial charge on any atom is -0.456 e. The van der Waals surface area contributed by atoms with Gasteiger partial charge in [-0.3, -0.25) is 0 Å². The van der Waals surface area contributed by atoms with Gasteiger partial charge in [0.15, 0.2) is 0 Å². The molecule has 3 heterocycles. The van der Waals surface area contributed by atoms with E-state index in [1.807, 2.05) is 24.3 Å². The van der Waals surface area contributed by atoms with Gasteiger partial charge in [0, 0.05) is 65.9 Å². The maximum absolute atomic E-state index is 6.79. The minimum absolute atomic E-state index is 0.138. The van der Waals surface area contributed by atoms with Crippen molar-refractivity contribution < 1.29 is 13.3 Å². The van der Waals surface area contributed by atoms with Gasteiger partial charge in [0.05, 0.1) is 0 Å². The van der Waals surface area contributed by atoms with E-state index in [1.54, 1.807) is 0 Å². The van der Waals surface area contributed by atoms with E-state index in [1.165, 1.54) is 22.3 Å². The summed E-state index contributed by atoms with van der Waals surface area (Å²) in [5, 5.41) is 6.50. The molecule has 4 nitrogen and oxygen atoms in total. The van der Waals surface area contributed by atoms with E-state index in [-0.39, 0.29) is 5.41 Å². The zero-order chi connectivity index (χ0) is 44.4. The average Bonchev–Trinajstić information content (AvgIpc) is 4.12. The highest BCUT2D eigenvalue weighted by Crippen LogP contribution is 2.51. The molecule has 0 atom stereocenters. The molecule has 0 unspecified atom stereocenters. The first-order chi connectivity index (χ1) is 33.0. The molecule has 0 radical (unpaired) electrons. The van der Waals surface area contributed by atoms with Gasteiger partial charge in [-0.25, -0.2) is 0 Å². The Morgan fingerprint density at radius 2 is 0.925 bits per heavy atom. The number of nitrogens with zero attached hydrogens (tertiary/aromatic N) is 1. The molecule has 0 spiro atoms. The van der Waals surface area contributed by atoms with Crippen molar-refractivity contribution in [1.29, 1.82) is 0 Å². The summed E-state index contributed by atoms with van der Waals surface area (Å²) in [7, 11) is 0. The second kappa shape index (κ2) is 14.2. The topological polar surface area (TPSA) is 42.7 Å². The molecular formula is C63H41NO3. The normalized spacial score (nSPS) is 13.0. The number of hydrogen-bond acceptors (Lipinski definition) is 4. The number of benzene rings is 10. The van der Waals surface area contributed by atoms with Crippen molar-refractivity contribution >= 4 is 82.9 Å². The van der Waals surface area contributed by atoms with E-state index in [9.17, 15) is 0 Å². The van der Waals surface area contributed by atoms with Crippen molar-refractivity contribution in [3.63, 3.8) is 0 Å². The molecule has 0 aliphatic heterocycles. The summed E-state index contributed by atoms with van der Waals surface area (Å²) in [6.45, 7) is 4.69. The minimum atomic E-state index is -0.138. The fourth-order valence-electron chi connectivity index (χ4n) is 11.0. The Bertz CT molecular complexity index is 4110. The lowest BCUT2D eigenvalue weighted by Gasteiger charge is -2.28. The third-order valence-corrected chi connectivity index (χ3v) is 14.3. The summed E-state index contributed by atoms with van der Waals surface area (Å²) in [5.74, 6) is 0. The van der Waals surface area contributed by atoms with Gasteiger partial charge in [-0.15, -0.1) is 0 Å². The molecule has 67 heavy (non-hydrogen) atoms. The summed E-state index contributed by atoms with van der Waals surface area (Å²) >= 11 is 0. The van der Waals surface area contributed by atoms with E-state index < -0.39 is 0 Å². The average molecular weight is 860 g/mol. The Kier molecular flexibility index (Phi) is 8.00. The van der Waals surface area contributed by atoms with Crippen LogP contribution in [0.4, 0.5) is 17.1 Å². The van der Waals surface area contributed by atoms with Crippen LogP contribution in [0.2, 0.25) is 0 Å². The maximum Gasteiger partial charge on any atom is 0.144 e. The standard InChI is InChI=1S/C63H41NO3/c1-63(2)53-20-9-6-15-46(53)47-33-32-44(36-54(47)63)64(43-30-25-39(26-31-43)45-18-12-19-49-48-16-7-10-21-55(48)66-61(45)49)42-28-23-38(24-29-42)41-27-34-57-51(35-41)52-37-58-60(50-17-8-11-22-56(50)65-58)59(62(52)67-57)40-13-4-3-5-14-40/h3-37H,1-2H3. The molecule has 0 fully saturated rings. The van der Waals surface area contributed by atoms with Crippen molar-refractivity contribution in [3.05, 3.63) is 223 Å². The molecule has 14 rings (SSSR count). The predicted octanol–water partition coefficient (Wildman–Crippen LogP) is 18.2. The van der Waals surface area contributed by atoms with Gasteiger partial charge < -0.3 is 18.2 Å². The molecule has 0 N–H and O–H groups in total. The van der Waals surface area contributed by atoms with Crippen molar-refractivity contribution in [1.82, 2.24) is 0 Å². The zero-order valence-corrected chi connectivity index (χ0v) is 36.9. The van der Waals surface area contributed by atoms with Crippen LogP contribution in [-0.2, 0) is 5.41 Å². The number of furan rings is 3. The number of anilines is 3. The predicted molar refractivity (Wildman–Crippen MR) is 277 cm³/mol. The largest absolute Gasteiger partial charge is 0.456 e. The highest BCUT2D eigenvalue weighted by molar-refractivity contribution is 6.23. The summed E-state index contributed by atoms with van der Waals surface area (Å²) in [5.41, 5.74) is 20.2. The SMILES string of the molecule is CC1(C)c2ccccc2-c2ccc(N(c3ccc(-c4ccc5oc6c(-c7ccccc7)c7c(cc6c5c4)oc4ccccc47)cc3)c3ccc(-c4cccc5c4oc4ccccc45)cc3)cc21. The lowest BCUT2D eigenvalue weighted by Crippen LogP contribution is -2.16. The molecule has 316 valence electrons. The Morgan fingerprint density at radius 3 is 1.73 bits per heavy atom. The number of rotatable bonds is 6. The number of hydrogen-bond donors (Lipinski definition) is 0. The van der Waals surface area contributed by atoms with Crippen LogP contribution in [0.5, 0.6) is 0 Å². The van der Waals surface area contributed by atoms with Crippen LogP contribution in [-0.4, -0.2) is 0 Å². The summed E-state index contributed by atoms with van der Waals surface area (Å²) < 4.78 is 19.8. The molecule has 0 saturated heterocycles. The third kappa shape index (κ3) is 5.66. The van der Waals surface area contributed by atoms with Crippen molar-refractivity contribution in [3.8, 4) is 44.5 Å². The van der Waals surface area contributed by atoms with Crippen LogP contribution in [0, 0.1) is 0 Å². The van der Waals surface area contributed by atoms with Crippen LogP contribution >= 0.6 is 0 Å². The van der Waals surface area contributed by atoms with E-state index in [0.29, 0.717) is 0 Å². The molecular weight excluding hydrogens is 819 g/mol. The van der Waals surface area contributed by atoms with Gasteiger partial charge in [-0.1, -0.05) is 159 Å². The number of fused-ring (bicyclic) bond motifs is 12. The number of para-hydroxylation sites is 3. The molecule has 0 amide bonds. The van der Waals surface area contributed by atoms with E-state index in [4.69, 9.17) is 13.3 Å². The van der Waals surface area contributed by atoms with Gasteiger partial charge in [0.1, 0.15) is 33.5 Å². The lowest BCUT2D eigenvalue weighted by atomic mass is 9.82. The van der Waals surface area contributed by atoms with Crippen molar-refractivity contribution in [2.24, 2.45) is 0 Å². The van der Waals surface area contributed by atoms with Crippen LogP contribution in [0.3, 0.4) is 0 Å². The van der Waals surface area contributed by atoms with Gasteiger partial charge >= 0.3 is 0 Å². The zero-order valence-electron chi connectivity index (χ0n) is 36.9. The molecule has 13 aromatic rings. The van der Waals surface area contributed by atoms with Crippen LogP contribution in [0.25, 0.3) is 110 Å². The van der Waals surface area contributed by atoms with Gasteiger partial charge in [-0.2, -0.15) is 0 Å². The quantitative estimate of drug-likeness (QED) is 0.167. The molecule has 0 saturated carbocycles.